The van der Waals surface area contributed by atoms with Gasteiger partial charge in [0.1, 0.15) is 5.01 Å². The van der Waals surface area contributed by atoms with Crippen molar-refractivity contribution in [2.24, 2.45) is 0 Å². The zero-order chi connectivity index (χ0) is 21.0. The van der Waals surface area contributed by atoms with E-state index in [2.05, 4.69) is 20.3 Å². The predicted molar refractivity (Wildman–Crippen MR) is 115 cm³/mol. The Morgan fingerprint density at radius 1 is 1.03 bits per heavy atom. The lowest BCUT2D eigenvalue weighted by Crippen LogP contribution is -2.18. The fourth-order valence-electron chi connectivity index (χ4n) is 2.60. The summed E-state index contributed by atoms with van der Waals surface area (Å²) in [5, 5.41) is 8.01. The molecule has 0 saturated carbocycles. The summed E-state index contributed by atoms with van der Waals surface area (Å²) in [6, 6.07) is 11.5. The number of amides is 2. The molecule has 0 atom stereocenters. The van der Waals surface area contributed by atoms with Crippen LogP contribution in [0.5, 0.6) is 0 Å². The molecular weight excluding hydrogens is 412 g/mol. The molecular formula is C19H18N4O4S2. The van der Waals surface area contributed by atoms with E-state index in [9.17, 15) is 18.0 Å². The van der Waals surface area contributed by atoms with Crippen molar-refractivity contribution >= 4 is 50.2 Å². The lowest BCUT2D eigenvalue weighted by Gasteiger charge is -2.13. The van der Waals surface area contributed by atoms with E-state index in [0.29, 0.717) is 11.4 Å². The number of sulfonamides is 1. The summed E-state index contributed by atoms with van der Waals surface area (Å²) in [5.74, 6) is -0.837. The lowest BCUT2D eigenvalue weighted by molar-refractivity contribution is -0.114. The minimum atomic E-state index is -3.60. The third-order valence-electron chi connectivity index (χ3n) is 3.68. The normalized spacial score (nSPS) is 11.0. The molecule has 0 spiro atoms. The number of nitrogens with one attached hydrogen (secondary N) is 3. The molecule has 0 bridgehead atoms. The predicted octanol–water partition coefficient (Wildman–Crippen LogP) is 3.39. The summed E-state index contributed by atoms with van der Waals surface area (Å²) in [6.45, 7) is 1.34. The van der Waals surface area contributed by atoms with Crippen molar-refractivity contribution in [1.29, 1.82) is 0 Å². The summed E-state index contributed by atoms with van der Waals surface area (Å²) < 4.78 is 25.6. The first-order valence-corrected chi connectivity index (χ1v) is 11.2. The summed E-state index contributed by atoms with van der Waals surface area (Å²) in [6.07, 6.45) is 2.69. The molecule has 0 aliphatic carbocycles. The van der Waals surface area contributed by atoms with Gasteiger partial charge in [-0.05, 0) is 30.3 Å². The fraction of sp³-hybridized carbons (Fsp3) is 0.105. The Morgan fingerprint density at radius 3 is 2.45 bits per heavy atom. The van der Waals surface area contributed by atoms with Crippen molar-refractivity contribution in [3.05, 3.63) is 59.6 Å². The van der Waals surface area contributed by atoms with E-state index in [4.69, 9.17) is 0 Å². The Balaban J connectivity index is 1.92. The number of nitrogens with zero attached hydrogens (tertiary/aromatic N) is 1. The van der Waals surface area contributed by atoms with Crippen molar-refractivity contribution < 1.29 is 18.0 Å². The standard InChI is InChI=1S/C19H18N4O4S2/c1-12(24)21-15-6-7-17(23-29(2,26)27)16(11-15)18(25)22-14-5-3-4-13(10-14)19-20-8-9-28-19/h3-11,23H,1-2H3,(H,21,24)(H,22,25). The van der Waals surface area contributed by atoms with Gasteiger partial charge in [-0.1, -0.05) is 12.1 Å². The number of aromatic nitrogens is 1. The number of anilines is 3. The summed E-state index contributed by atoms with van der Waals surface area (Å²) in [4.78, 5) is 28.5. The maximum absolute atomic E-state index is 12.9. The number of carbonyl (C=O) groups is 2. The molecule has 0 radical (unpaired) electrons. The summed E-state index contributed by atoms with van der Waals surface area (Å²) >= 11 is 1.48. The molecule has 29 heavy (non-hydrogen) atoms. The van der Waals surface area contributed by atoms with E-state index < -0.39 is 15.9 Å². The first-order chi connectivity index (χ1) is 13.7. The molecule has 0 saturated heterocycles. The van der Waals surface area contributed by atoms with Crippen molar-refractivity contribution in [1.82, 2.24) is 4.98 Å². The number of rotatable bonds is 6. The summed E-state index contributed by atoms with van der Waals surface area (Å²) in [7, 11) is -3.60. The van der Waals surface area contributed by atoms with Gasteiger partial charge in [0, 0.05) is 35.4 Å². The molecule has 1 aromatic heterocycles. The molecule has 2 amide bonds. The summed E-state index contributed by atoms with van der Waals surface area (Å²) in [5.41, 5.74) is 1.92. The molecule has 3 rings (SSSR count). The van der Waals surface area contributed by atoms with E-state index in [0.717, 1.165) is 16.8 Å². The Morgan fingerprint density at radius 2 is 1.79 bits per heavy atom. The Kier molecular flexibility index (Phi) is 5.95. The molecule has 0 aliphatic rings. The molecule has 2 aromatic carbocycles. The Hall–Kier alpha value is -3.24. The highest BCUT2D eigenvalue weighted by Gasteiger charge is 2.16. The molecule has 10 heteroatoms. The maximum Gasteiger partial charge on any atom is 0.257 e. The third kappa shape index (κ3) is 5.62. The van der Waals surface area contributed by atoms with E-state index in [1.54, 1.807) is 24.4 Å². The van der Waals surface area contributed by atoms with Gasteiger partial charge >= 0.3 is 0 Å². The van der Waals surface area contributed by atoms with Crippen LogP contribution in [0, 0.1) is 0 Å². The van der Waals surface area contributed by atoms with Crippen molar-refractivity contribution in [3.8, 4) is 10.6 Å². The van der Waals surface area contributed by atoms with E-state index in [-0.39, 0.29) is 17.2 Å². The van der Waals surface area contributed by atoms with E-state index in [1.165, 1.54) is 36.5 Å². The van der Waals surface area contributed by atoms with E-state index >= 15 is 0 Å². The quantitative estimate of drug-likeness (QED) is 0.554. The van der Waals surface area contributed by atoms with Gasteiger partial charge in [0.15, 0.2) is 0 Å². The monoisotopic (exact) mass is 430 g/mol. The highest BCUT2D eigenvalue weighted by atomic mass is 32.2. The molecule has 150 valence electrons. The third-order valence-corrected chi connectivity index (χ3v) is 5.09. The second-order valence-electron chi connectivity index (χ2n) is 6.19. The molecule has 1 heterocycles. The first kappa shape index (κ1) is 20.5. The molecule has 3 N–H and O–H groups in total. The van der Waals surface area contributed by atoms with Gasteiger partial charge in [-0.2, -0.15) is 0 Å². The van der Waals surface area contributed by atoms with Crippen LogP contribution in [0.2, 0.25) is 0 Å². The second kappa shape index (κ2) is 8.41. The van der Waals surface area contributed by atoms with Gasteiger partial charge in [-0.15, -0.1) is 11.3 Å². The maximum atomic E-state index is 12.9. The average Bonchev–Trinajstić information content (AvgIpc) is 3.16. The number of benzene rings is 2. The molecule has 3 aromatic rings. The SMILES string of the molecule is CC(=O)Nc1ccc(NS(C)(=O)=O)c(C(=O)Nc2cccc(-c3nccs3)c2)c1. The zero-order valence-corrected chi connectivity index (χ0v) is 17.2. The Labute approximate surface area is 172 Å². The largest absolute Gasteiger partial charge is 0.326 e. The smallest absolute Gasteiger partial charge is 0.257 e. The van der Waals surface area contributed by atoms with Gasteiger partial charge in [0.05, 0.1) is 17.5 Å². The van der Waals surface area contributed by atoms with Crippen LogP contribution >= 0.6 is 11.3 Å². The van der Waals surface area contributed by atoms with Crippen molar-refractivity contribution in [2.45, 2.75) is 6.92 Å². The molecule has 0 fully saturated rings. The van der Waals surface area contributed by atoms with Crippen LogP contribution in [-0.4, -0.2) is 31.5 Å². The molecule has 0 aliphatic heterocycles. The van der Waals surface area contributed by atoms with Crippen LogP contribution in [0.25, 0.3) is 10.6 Å². The highest BCUT2D eigenvalue weighted by Crippen LogP contribution is 2.26. The van der Waals surface area contributed by atoms with Gasteiger partial charge in [-0.3, -0.25) is 14.3 Å². The zero-order valence-electron chi connectivity index (χ0n) is 15.6. The highest BCUT2D eigenvalue weighted by molar-refractivity contribution is 7.92. The van der Waals surface area contributed by atoms with Gasteiger partial charge in [-0.25, -0.2) is 13.4 Å². The number of carbonyl (C=O) groups excluding carboxylic acids is 2. The van der Waals surface area contributed by atoms with Crippen molar-refractivity contribution in [3.63, 3.8) is 0 Å². The Bertz CT molecular complexity index is 1160. The number of hydrogen-bond acceptors (Lipinski definition) is 6. The van der Waals surface area contributed by atoms with Gasteiger partial charge < -0.3 is 10.6 Å². The van der Waals surface area contributed by atoms with Crippen LogP contribution in [0.3, 0.4) is 0 Å². The average molecular weight is 431 g/mol. The van der Waals surface area contributed by atoms with Gasteiger partial charge in [0.2, 0.25) is 15.9 Å². The van der Waals surface area contributed by atoms with Crippen molar-refractivity contribution in [2.75, 3.05) is 21.6 Å². The number of hydrogen-bond donors (Lipinski definition) is 3. The second-order valence-corrected chi connectivity index (χ2v) is 8.83. The van der Waals surface area contributed by atoms with Crippen LogP contribution < -0.4 is 15.4 Å². The number of thiazole rings is 1. The minimum absolute atomic E-state index is 0.0707. The lowest BCUT2D eigenvalue weighted by atomic mass is 10.1. The minimum Gasteiger partial charge on any atom is -0.326 e. The fourth-order valence-corrected chi connectivity index (χ4v) is 3.81. The first-order valence-electron chi connectivity index (χ1n) is 8.42. The topological polar surface area (TPSA) is 117 Å². The van der Waals surface area contributed by atoms with Crippen LogP contribution in [0.1, 0.15) is 17.3 Å². The molecule has 0 unspecified atom stereocenters. The van der Waals surface area contributed by atoms with Crippen LogP contribution in [0.15, 0.2) is 54.0 Å². The molecule has 8 nitrogen and oxygen atoms in total. The van der Waals surface area contributed by atoms with Gasteiger partial charge in [0.25, 0.3) is 5.91 Å². The van der Waals surface area contributed by atoms with E-state index in [1.807, 2.05) is 11.4 Å². The van der Waals surface area contributed by atoms with Crippen LogP contribution in [-0.2, 0) is 14.8 Å². The van der Waals surface area contributed by atoms with Crippen LogP contribution in [0.4, 0.5) is 17.1 Å².